The molecule has 3 nitrogen and oxygen atoms in total. The summed E-state index contributed by atoms with van der Waals surface area (Å²) in [5, 5.41) is 3.11. The van der Waals surface area contributed by atoms with Gasteiger partial charge in [-0.25, -0.2) is 0 Å². The van der Waals surface area contributed by atoms with Crippen LogP contribution in [0, 0.1) is 13.8 Å². The number of rotatable bonds is 6. The van der Waals surface area contributed by atoms with Crippen LogP contribution < -0.4 is 10.1 Å². The van der Waals surface area contributed by atoms with Gasteiger partial charge in [-0.3, -0.25) is 4.79 Å². The fourth-order valence-electron chi connectivity index (χ4n) is 3.21. The molecular formula is C23H31NO2. The lowest BCUT2D eigenvalue weighted by atomic mass is 9.86. The molecule has 2 aromatic carbocycles. The Morgan fingerprint density at radius 2 is 1.81 bits per heavy atom. The Balaban J connectivity index is 2.04. The van der Waals surface area contributed by atoms with Gasteiger partial charge < -0.3 is 10.1 Å². The minimum atomic E-state index is -0.0967. The van der Waals surface area contributed by atoms with E-state index in [1.807, 2.05) is 18.2 Å². The van der Waals surface area contributed by atoms with E-state index < -0.39 is 0 Å². The maximum Gasteiger partial charge on any atom is 0.258 e. The molecule has 0 bridgehead atoms. The van der Waals surface area contributed by atoms with E-state index >= 15 is 0 Å². The van der Waals surface area contributed by atoms with Crippen molar-refractivity contribution < 1.29 is 9.53 Å². The number of ether oxygens (including phenoxy) is 1. The molecule has 0 saturated carbocycles. The van der Waals surface area contributed by atoms with Gasteiger partial charge >= 0.3 is 0 Å². The second kappa shape index (κ2) is 8.39. The van der Waals surface area contributed by atoms with Gasteiger partial charge in [0.2, 0.25) is 0 Å². The molecule has 0 spiro atoms. The summed E-state index contributed by atoms with van der Waals surface area (Å²) in [6.45, 7) is 12.7. The summed E-state index contributed by atoms with van der Waals surface area (Å²) in [4.78, 5) is 12.5. The normalized spacial score (nSPS) is 12.5. The number of amides is 1. The zero-order valence-corrected chi connectivity index (χ0v) is 16.8. The zero-order valence-electron chi connectivity index (χ0n) is 16.8. The molecule has 0 fully saturated rings. The van der Waals surface area contributed by atoms with Gasteiger partial charge in [0.1, 0.15) is 5.75 Å². The molecule has 0 aromatic heterocycles. The Kier molecular flexibility index (Phi) is 6.47. The highest BCUT2D eigenvalue weighted by atomic mass is 16.5. The predicted octanol–water partition coefficient (Wildman–Crippen LogP) is 5.25. The Labute approximate surface area is 157 Å². The van der Waals surface area contributed by atoms with Gasteiger partial charge in [0.05, 0.1) is 6.04 Å². The molecule has 0 unspecified atom stereocenters. The molecule has 140 valence electrons. The summed E-state index contributed by atoms with van der Waals surface area (Å²) >= 11 is 0. The lowest BCUT2D eigenvalue weighted by Gasteiger charge is -2.23. The van der Waals surface area contributed by atoms with Crippen LogP contribution in [0.1, 0.15) is 62.4 Å². The van der Waals surface area contributed by atoms with Crippen molar-refractivity contribution >= 4 is 5.91 Å². The molecule has 1 atom stereocenters. The van der Waals surface area contributed by atoms with Crippen LogP contribution in [0.3, 0.4) is 0 Å². The predicted molar refractivity (Wildman–Crippen MR) is 108 cm³/mol. The molecule has 1 amide bonds. The highest BCUT2D eigenvalue weighted by molar-refractivity contribution is 5.78. The van der Waals surface area contributed by atoms with Gasteiger partial charge in [0.15, 0.2) is 6.61 Å². The minimum absolute atomic E-state index is 0.00422. The van der Waals surface area contributed by atoms with Gasteiger partial charge in [-0.1, -0.05) is 69.7 Å². The van der Waals surface area contributed by atoms with E-state index in [4.69, 9.17) is 4.74 Å². The highest BCUT2D eigenvalue weighted by Gasteiger charge is 2.20. The summed E-state index contributed by atoms with van der Waals surface area (Å²) in [5.41, 5.74) is 4.68. The van der Waals surface area contributed by atoms with Crippen LogP contribution in [0.5, 0.6) is 5.75 Å². The summed E-state index contributed by atoms with van der Waals surface area (Å²) in [5.74, 6) is 0.676. The molecule has 1 N–H and O–H groups in total. The summed E-state index contributed by atoms with van der Waals surface area (Å²) < 4.78 is 5.84. The topological polar surface area (TPSA) is 38.3 Å². The second-order valence-electron chi connectivity index (χ2n) is 7.92. The summed E-state index contributed by atoms with van der Waals surface area (Å²) in [6, 6.07) is 14.3. The first-order chi connectivity index (χ1) is 12.2. The van der Waals surface area contributed by atoms with Crippen LogP contribution in [0.25, 0.3) is 0 Å². The Morgan fingerprint density at radius 1 is 1.12 bits per heavy atom. The number of carbonyl (C=O) groups excluding carboxylic acids is 1. The summed E-state index contributed by atoms with van der Waals surface area (Å²) in [6.07, 6.45) is 0.841. The van der Waals surface area contributed by atoms with Crippen LogP contribution in [0.2, 0.25) is 0 Å². The van der Waals surface area contributed by atoms with Crippen molar-refractivity contribution in [2.45, 2.75) is 59.4 Å². The standard InChI is InChI=1S/C23H31NO2/c1-7-20(18-13-12-16(2)14-17(18)3)24-22(25)15-26-21-11-9-8-10-19(21)23(4,5)6/h8-14,20H,7,15H2,1-6H3,(H,24,25)/t20-/m0/s1. The monoisotopic (exact) mass is 353 g/mol. The quantitative estimate of drug-likeness (QED) is 0.770. The van der Waals surface area contributed by atoms with Crippen molar-refractivity contribution in [1.29, 1.82) is 0 Å². The fraction of sp³-hybridized carbons (Fsp3) is 0.435. The van der Waals surface area contributed by atoms with Crippen LogP contribution in [-0.2, 0) is 10.2 Å². The van der Waals surface area contributed by atoms with E-state index in [9.17, 15) is 4.79 Å². The van der Waals surface area contributed by atoms with Crippen molar-refractivity contribution in [2.75, 3.05) is 6.61 Å². The lowest BCUT2D eigenvalue weighted by molar-refractivity contribution is -0.123. The van der Waals surface area contributed by atoms with Crippen molar-refractivity contribution in [1.82, 2.24) is 5.32 Å². The largest absolute Gasteiger partial charge is 0.483 e. The van der Waals surface area contributed by atoms with Gasteiger partial charge in [-0.15, -0.1) is 0 Å². The van der Waals surface area contributed by atoms with E-state index in [2.05, 4.69) is 71.1 Å². The van der Waals surface area contributed by atoms with Crippen LogP contribution in [0.4, 0.5) is 0 Å². The average molecular weight is 354 g/mol. The van der Waals surface area contributed by atoms with E-state index in [1.54, 1.807) is 0 Å². The first-order valence-corrected chi connectivity index (χ1v) is 9.31. The Bertz CT molecular complexity index is 759. The van der Waals surface area contributed by atoms with Crippen molar-refractivity contribution in [3.63, 3.8) is 0 Å². The molecule has 0 aliphatic heterocycles. The number of hydrogen-bond donors (Lipinski definition) is 1. The number of carbonyl (C=O) groups is 1. The van der Waals surface area contributed by atoms with Crippen molar-refractivity contribution in [2.24, 2.45) is 0 Å². The molecule has 2 rings (SSSR count). The van der Waals surface area contributed by atoms with Gasteiger partial charge in [0, 0.05) is 0 Å². The maximum atomic E-state index is 12.5. The van der Waals surface area contributed by atoms with Gasteiger partial charge in [-0.05, 0) is 48.4 Å². The average Bonchev–Trinajstić information content (AvgIpc) is 2.58. The molecule has 0 radical (unpaired) electrons. The van der Waals surface area contributed by atoms with E-state index in [1.165, 1.54) is 16.7 Å². The first-order valence-electron chi connectivity index (χ1n) is 9.31. The summed E-state index contributed by atoms with van der Waals surface area (Å²) in [7, 11) is 0. The molecule has 0 saturated heterocycles. The molecular weight excluding hydrogens is 322 g/mol. The smallest absolute Gasteiger partial charge is 0.258 e. The van der Waals surface area contributed by atoms with Crippen LogP contribution in [-0.4, -0.2) is 12.5 Å². The SMILES string of the molecule is CC[C@H](NC(=O)COc1ccccc1C(C)(C)C)c1ccc(C)cc1C. The Hall–Kier alpha value is -2.29. The number of nitrogens with one attached hydrogen (secondary N) is 1. The van der Waals surface area contributed by atoms with Gasteiger partial charge in [0.25, 0.3) is 5.91 Å². The van der Waals surface area contributed by atoms with Crippen molar-refractivity contribution in [3.05, 3.63) is 64.7 Å². The third kappa shape index (κ3) is 5.10. The van der Waals surface area contributed by atoms with Crippen molar-refractivity contribution in [3.8, 4) is 5.75 Å². The molecule has 3 heteroatoms. The highest BCUT2D eigenvalue weighted by Crippen LogP contribution is 2.31. The third-order valence-corrected chi connectivity index (χ3v) is 4.60. The molecule has 26 heavy (non-hydrogen) atoms. The fourth-order valence-corrected chi connectivity index (χ4v) is 3.21. The van der Waals surface area contributed by atoms with Crippen LogP contribution >= 0.6 is 0 Å². The number of para-hydroxylation sites is 1. The zero-order chi connectivity index (χ0) is 19.3. The molecule has 2 aromatic rings. The molecule has 0 aliphatic carbocycles. The van der Waals surface area contributed by atoms with Gasteiger partial charge in [-0.2, -0.15) is 0 Å². The lowest BCUT2D eigenvalue weighted by Crippen LogP contribution is -2.33. The number of benzene rings is 2. The van der Waals surface area contributed by atoms with E-state index in [0.29, 0.717) is 0 Å². The molecule has 0 aliphatic rings. The van der Waals surface area contributed by atoms with Crippen LogP contribution in [0.15, 0.2) is 42.5 Å². The van der Waals surface area contributed by atoms with E-state index in [-0.39, 0.29) is 24.0 Å². The van der Waals surface area contributed by atoms with E-state index in [0.717, 1.165) is 17.7 Å². The minimum Gasteiger partial charge on any atom is -0.483 e. The third-order valence-electron chi connectivity index (χ3n) is 4.60. The number of aryl methyl sites for hydroxylation is 2. The maximum absolute atomic E-state index is 12.5. The Morgan fingerprint density at radius 3 is 2.42 bits per heavy atom. The first kappa shape index (κ1) is 20.0. The number of hydrogen-bond acceptors (Lipinski definition) is 2. The molecule has 0 heterocycles. The second-order valence-corrected chi connectivity index (χ2v) is 7.92.